The summed E-state index contributed by atoms with van der Waals surface area (Å²) < 4.78 is 12.6. The maximum absolute atomic E-state index is 13.7. The van der Waals surface area contributed by atoms with Gasteiger partial charge in [-0.05, 0) is 85.8 Å². The first kappa shape index (κ1) is 27.0. The molecule has 210 valence electrons. The minimum absolute atomic E-state index is 0.0359. The summed E-state index contributed by atoms with van der Waals surface area (Å²) >= 11 is 1.37. The number of aliphatic hydroxyl groups is 1. The molecule has 0 unspecified atom stereocenters. The fourth-order valence-corrected chi connectivity index (χ4v) is 6.78. The number of rotatable bonds is 7. The van der Waals surface area contributed by atoms with Gasteiger partial charge in [0.2, 0.25) is 0 Å². The second-order valence-corrected chi connectivity index (χ2v) is 11.8. The van der Waals surface area contributed by atoms with Crippen LogP contribution in [0.1, 0.15) is 60.5 Å². The highest BCUT2D eigenvalue weighted by atomic mass is 32.1. The summed E-state index contributed by atoms with van der Waals surface area (Å²) in [7, 11) is 0. The number of hydrogen-bond acceptors (Lipinski definition) is 7. The zero-order valence-corrected chi connectivity index (χ0v) is 24.4. The first-order chi connectivity index (χ1) is 19.7. The lowest BCUT2D eigenvalue weighted by Crippen LogP contribution is -2.29. The molecule has 8 heteroatoms. The van der Waals surface area contributed by atoms with Crippen LogP contribution in [-0.4, -0.2) is 34.5 Å². The molecule has 1 aromatic heterocycles. The molecule has 3 aromatic carbocycles. The quantitative estimate of drug-likeness (QED) is 0.111. The standard InChI is InChI=1S/C33H32N2O5S/c1-5-6-13-39-24-10-7-21(8-11-24)29-27(30(36)22-9-12-25-23(17-22)16-20(4)40-25)31(37)32(38)35(29)33-34-28-19(3)14-18(2)15-26(28)41-33/h7-12,14-15,17,20,29,36H,5-6,13,16H2,1-4H3/t20-,29-/m0/s1. The molecule has 0 radical (unpaired) electrons. The first-order valence-electron chi connectivity index (χ1n) is 14.0. The Hall–Kier alpha value is -4.17. The molecule has 2 aliphatic rings. The largest absolute Gasteiger partial charge is 0.507 e. The Balaban J connectivity index is 1.48. The zero-order chi connectivity index (χ0) is 28.8. The van der Waals surface area contributed by atoms with Crippen LogP contribution in [0, 0.1) is 13.8 Å². The number of aryl methyl sites for hydroxylation is 2. The lowest BCUT2D eigenvalue weighted by atomic mass is 9.94. The Morgan fingerprint density at radius 1 is 1.12 bits per heavy atom. The predicted molar refractivity (Wildman–Crippen MR) is 161 cm³/mol. The maximum Gasteiger partial charge on any atom is 0.301 e. The lowest BCUT2D eigenvalue weighted by Gasteiger charge is -2.23. The van der Waals surface area contributed by atoms with E-state index in [1.165, 1.54) is 16.2 Å². The Kier molecular flexibility index (Phi) is 7.03. The van der Waals surface area contributed by atoms with Crippen LogP contribution in [0.5, 0.6) is 11.5 Å². The van der Waals surface area contributed by atoms with Crippen LogP contribution >= 0.6 is 11.3 Å². The molecular formula is C33H32N2O5S. The van der Waals surface area contributed by atoms with E-state index in [1.54, 1.807) is 12.1 Å². The van der Waals surface area contributed by atoms with Crippen molar-refractivity contribution in [1.29, 1.82) is 0 Å². The summed E-state index contributed by atoms with van der Waals surface area (Å²) in [5.74, 6) is -0.197. The van der Waals surface area contributed by atoms with Crippen molar-refractivity contribution in [3.8, 4) is 11.5 Å². The number of hydrogen-bond donors (Lipinski definition) is 1. The average molecular weight is 569 g/mol. The number of nitrogens with zero attached hydrogens (tertiary/aromatic N) is 2. The van der Waals surface area contributed by atoms with Crippen molar-refractivity contribution in [2.45, 2.75) is 59.1 Å². The number of amides is 1. The molecule has 6 rings (SSSR count). The third kappa shape index (κ3) is 4.86. The summed E-state index contributed by atoms with van der Waals surface area (Å²) in [6.07, 6.45) is 2.72. The second kappa shape index (κ2) is 10.7. The van der Waals surface area contributed by atoms with Gasteiger partial charge in [-0.25, -0.2) is 4.98 Å². The van der Waals surface area contributed by atoms with Crippen molar-refractivity contribution in [3.05, 3.63) is 88.0 Å². The molecule has 2 atom stereocenters. The Morgan fingerprint density at radius 2 is 1.90 bits per heavy atom. The van der Waals surface area contributed by atoms with Crippen molar-refractivity contribution in [1.82, 2.24) is 4.98 Å². The molecule has 1 fully saturated rings. The number of thiazole rings is 1. The molecule has 4 aromatic rings. The summed E-state index contributed by atoms with van der Waals surface area (Å²) in [4.78, 5) is 33.6. The van der Waals surface area contributed by atoms with E-state index in [-0.39, 0.29) is 17.4 Å². The lowest BCUT2D eigenvalue weighted by molar-refractivity contribution is -0.132. The van der Waals surface area contributed by atoms with Crippen LogP contribution in [0.15, 0.2) is 60.2 Å². The number of carbonyl (C=O) groups excluding carboxylic acids is 2. The fourth-order valence-electron chi connectivity index (χ4n) is 5.61. The van der Waals surface area contributed by atoms with E-state index in [0.717, 1.165) is 45.5 Å². The highest BCUT2D eigenvalue weighted by molar-refractivity contribution is 7.22. The molecule has 2 aliphatic heterocycles. The van der Waals surface area contributed by atoms with E-state index in [1.807, 2.05) is 63.2 Å². The second-order valence-electron chi connectivity index (χ2n) is 10.8. The number of fused-ring (bicyclic) bond motifs is 2. The number of ether oxygens (including phenoxy) is 2. The summed E-state index contributed by atoms with van der Waals surface area (Å²) in [6.45, 7) is 8.71. The van der Waals surface area contributed by atoms with Gasteiger partial charge < -0.3 is 14.6 Å². The molecule has 1 saturated heterocycles. The van der Waals surface area contributed by atoms with Crippen LogP contribution in [0.25, 0.3) is 16.0 Å². The molecule has 1 N–H and O–H groups in total. The third-order valence-electron chi connectivity index (χ3n) is 7.60. The number of Topliss-reactive ketones (excluding diaryl/α,β-unsaturated/α-hetero) is 1. The van der Waals surface area contributed by atoms with E-state index in [4.69, 9.17) is 14.5 Å². The van der Waals surface area contributed by atoms with E-state index in [2.05, 4.69) is 6.92 Å². The van der Waals surface area contributed by atoms with Gasteiger partial charge in [-0.2, -0.15) is 0 Å². The first-order valence-corrected chi connectivity index (χ1v) is 14.8. The zero-order valence-electron chi connectivity index (χ0n) is 23.6. The topological polar surface area (TPSA) is 89.0 Å². The maximum atomic E-state index is 13.7. The molecule has 0 aliphatic carbocycles. The SMILES string of the molecule is CCCCOc1ccc([C@H]2C(=C(O)c3ccc4c(c3)C[C@H](C)O4)C(=O)C(=O)N2c2nc3c(C)cc(C)cc3s2)cc1. The number of aliphatic hydroxyl groups excluding tert-OH is 1. The molecule has 0 spiro atoms. The van der Waals surface area contributed by atoms with E-state index >= 15 is 0 Å². The monoisotopic (exact) mass is 568 g/mol. The van der Waals surface area contributed by atoms with Crippen LogP contribution < -0.4 is 14.4 Å². The molecular weight excluding hydrogens is 536 g/mol. The van der Waals surface area contributed by atoms with Gasteiger partial charge in [-0.3, -0.25) is 14.5 Å². The third-order valence-corrected chi connectivity index (χ3v) is 8.60. The van der Waals surface area contributed by atoms with E-state index < -0.39 is 17.7 Å². The van der Waals surface area contributed by atoms with Crippen molar-refractivity contribution in [2.24, 2.45) is 0 Å². The molecule has 3 heterocycles. The van der Waals surface area contributed by atoms with Crippen LogP contribution in [0.2, 0.25) is 0 Å². The van der Waals surface area contributed by atoms with Gasteiger partial charge in [0.05, 0.1) is 28.4 Å². The number of carbonyl (C=O) groups is 2. The van der Waals surface area contributed by atoms with Gasteiger partial charge in [0.1, 0.15) is 23.4 Å². The smallest absolute Gasteiger partial charge is 0.301 e. The number of ketones is 1. The molecule has 1 amide bonds. The van der Waals surface area contributed by atoms with Crippen LogP contribution in [0.3, 0.4) is 0 Å². The van der Waals surface area contributed by atoms with Gasteiger partial charge in [-0.15, -0.1) is 0 Å². The van der Waals surface area contributed by atoms with Crippen molar-refractivity contribution in [2.75, 3.05) is 11.5 Å². The van der Waals surface area contributed by atoms with Crippen molar-refractivity contribution in [3.63, 3.8) is 0 Å². The number of unbranched alkanes of at least 4 members (excludes halogenated alkanes) is 1. The van der Waals surface area contributed by atoms with Crippen molar-refractivity contribution < 1.29 is 24.2 Å². The highest BCUT2D eigenvalue weighted by Gasteiger charge is 2.48. The highest BCUT2D eigenvalue weighted by Crippen LogP contribution is 2.45. The molecule has 7 nitrogen and oxygen atoms in total. The van der Waals surface area contributed by atoms with Gasteiger partial charge in [0.15, 0.2) is 5.13 Å². The normalized spacial score (nSPS) is 19.6. The molecule has 0 bridgehead atoms. The van der Waals surface area contributed by atoms with Gasteiger partial charge in [0.25, 0.3) is 5.78 Å². The average Bonchev–Trinajstić information content (AvgIpc) is 3.61. The van der Waals surface area contributed by atoms with Gasteiger partial charge in [0, 0.05) is 12.0 Å². The van der Waals surface area contributed by atoms with E-state index in [9.17, 15) is 14.7 Å². The summed E-state index contributed by atoms with van der Waals surface area (Å²) in [6, 6.07) is 16.0. The Labute approximate surface area is 243 Å². The Morgan fingerprint density at radius 3 is 2.66 bits per heavy atom. The Bertz CT molecular complexity index is 1700. The van der Waals surface area contributed by atoms with Crippen LogP contribution in [0.4, 0.5) is 5.13 Å². The van der Waals surface area contributed by atoms with E-state index in [0.29, 0.717) is 35.0 Å². The summed E-state index contributed by atoms with van der Waals surface area (Å²) in [5, 5.41) is 12.0. The minimum Gasteiger partial charge on any atom is -0.507 e. The minimum atomic E-state index is -0.856. The molecule has 0 saturated carbocycles. The van der Waals surface area contributed by atoms with Gasteiger partial charge in [-0.1, -0.05) is 42.9 Å². The van der Waals surface area contributed by atoms with Crippen molar-refractivity contribution >= 4 is 44.1 Å². The number of anilines is 1. The van der Waals surface area contributed by atoms with Gasteiger partial charge >= 0.3 is 5.91 Å². The molecule has 41 heavy (non-hydrogen) atoms. The number of aromatic nitrogens is 1. The van der Waals surface area contributed by atoms with Crippen LogP contribution in [-0.2, 0) is 16.0 Å². The predicted octanol–water partition coefficient (Wildman–Crippen LogP) is 7.04. The summed E-state index contributed by atoms with van der Waals surface area (Å²) in [5.41, 5.74) is 5.03. The fraction of sp³-hybridized carbons (Fsp3) is 0.303. The number of benzene rings is 3.